The first-order valence-electron chi connectivity index (χ1n) is 8.85. The molecule has 0 fully saturated rings. The summed E-state index contributed by atoms with van der Waals surface area (Å²) in [7, 11) is 1.58. The van der Waals surface area contributed by atoms with Crippen molar-refractivity contribution >= 4 is 22.8 Å². The maximum Gasteiger partial charge on any atom is 0.330 e. The van der Waals surface area contributed by atoms with Gasteiger partial charge in [0.05, 0.1) is 20.3 Å². The Labute approximate surface area is 162 Å². The van der Waals surface area contributed by atoms with Crippen LogP contribution in [0.5, 0.6) is 5.75 Å². The molecular formula is C22H21NO5. The van der Waals surface area contributed by atoms with Crippen molar-refractivity contribution < 1.29 is 19.4 Å². The lowest BCUT2D eigenvalue weighted by Crippen LogP contribution is -2.18. The number of aliphatic hydroxyl groups is 1. The fourth-order valence-corrected chi connectivity index (χ4v) is 2.93. The number of esters is 1. The first-order chi connectivity index (χ1) is 13.6. The number of rotatable bonds is 6. The van der Waals surface area contributed by atoms with Gasteiger partial charge in [0.15, 0.2) is 0 Å². The summed E-state index contributed by atoms with van der Waals surface area (Å²) in [5.41, 5.74) is 1.82. The Morgan fingerprint density at radius 1 is 1.14 bits per heavy atom. The third kappa shape index (κ3) is 3.97. The molecule has 0 saturated carbocycles. The molecule has 0 bridgehead atoms. The van der Waals surface area contributed by atoms with Gasteiger partial charge in [0.1, 0.15) is 5.75 Å². The number of benzene rings is 2. The summed E-state index contributed by atoms with van der Waals surface area (Å²) < 4.78 is 11.6. The summed E-state index contributed by atoms with van der Waals surface area (Å²) >= 11 is 0. The van der Waals surface area contributed by atoms with Gasteiger partial charge in [0, 0.05) is 23.3 Å². The van der Waals surface area contributed by atoms with E-state index in [9.17, 15) is 14.7 Å². The predicted octanol–water partition coefficient (Wildman–Crippen LogP) is 3.07. The molecule has 1 N–H and O–H groups in total. The van der Waals surface area contributed by atoms with Crippen LogP contribution in [-0.2, 0) is 16.1 Å². The van der Waals surface area contributed by atoms with E-state index in [4.69, 9.17) is 9.47 Å². The number of fused-ring (bicyclic) bond motifs is 1. The molecule has 0 aliphatic heterocycles. The van der Waals surface area contributed by atoms with Gasteiger partial charge in [-0.25, -0.2) is 4.79 Å². The van der Waals surface area contributed by atoms with Gasteiger partial charge in [-0.3, -0.25) is 9.36 Å². The van der Waals surface area contributed by atoms with Crippen LogP contribution < -0.4 is 10.3 Å². The molecule has 0 atom stereocenters. The van der Waals surface area contributed by atoms with Crippen molar-refractivity contribution in [3.63, 3.8) is 0 Å². The average molecular weight is 379 g/mol. The first kappa shape index (κ1) is 19.4. The maximum atomic E-state index is 13.0. The van der Waals surface area contributed by atoms with Crippen LogP contribution in [0.3, 0.4) is 0 Å². The molecule has 0 aliphatic carbocycles. The van der Waals surface area contributed by atoms with Crippen molar-refractivity contribution in [2.75, 3.05) is 13.7 Å². The largest absolute Gasteiger partial charge is 0.497 e. The van der Waals surface area contributed by atoms with E-state index >= 15 is 0 Å². The highest BCUT2D eigenvalue weighted by Gasteiger charge is 2.10. The van der Waals surface area contributed by atoms with E-state index in [-0.39, 0.29) is 18.8 Å². The number of carbonyl (C=O) groups is 1. The second-order valence-corrected chi connectivity index (χ2v) is 6.08. The van der Waals surface area contributed by atoms with Crippen molar-refractivity contribution in [3.8, 4) is 11.4 Å². The third-order valence-electron chi connectivity index (χ3n) is 4.33. The molecule has 0 unspecified atom stereocenters. The monoisotopic (exact) mass is 379 g/mol. The second-order valence-electron chi connectivity index (χ2n) is 6.08. The Balaban J connectivity index is 2.20. The lowest BCUT2D eigenvalue weighted by molar-refractivity contribution is -0.137. The molecule has 144 valence electrons. The van der Waals surface area contributed by atoms with Gasteiger partial charge in [-0.05, 0) is 65.9 Å². The summed E-state index contributed by atoms with van der Waals surface area (Å²) in [5, 5.41) is 10.6. The number of pyridine rings is 1. The minimum absolute atomic E-state index is 0.140. The van der Waals surface area contributed by atoms with Crippen LogP contribution in [0.4, 0.5) is 0 Å². The van der Waals surface area contributed by atoms with Crippen LogP contribution >= 0.6 is 0 Å². The maximum absolute atomic E-state index is 13.0. The summed E-state index contributed by atoms with van der Waals surface area (Å²) in [6.07, 6.45) is 4.61. The van der Waals surface area contributed by atoms with Gasteiger partial charge in [0.25, 0.3) is 5.56 Å². The molecule has 1 heterocycles. The van der Waals surface area contributed by atoms with Gasteiger partial charge in [-0.15, -0.1) is 0 Å². The van der Waals surface area contributed by atoms with Crippen molar-refractivity contribution in [1.29, 1.82) is 0 Å². The fraction of sp³-hybridized carbons (Fsp3) is 0.182. The summed E-state index contributed by atoms with van der Waals surface area (Å²) in [6.45, 7) is 1.88. The molecule has 0 amide bonds. The Kier molecular flexibility index (Phi) is 5.91. The summed E-state index contributed by atoms with van der Waals surface area (Å²) in [4.78, 5) is 24.8. The first-order valence-corrected chi connectivity index (χ1v) is 8.85. The SMILES string of the molecule is CCOC(=O)C=Cc1cn(-c2ccc(OC)cc2)c(=O)c2ccc(CO)cc12. The van der Waals surface area contributed by atoms with Gasteiger partial charge in [0.2, 0.25) is 0 Å². The number of hydrogen-bond acceptors (Lipinski definition) is 5. The molecule has 6 nitrogen and oxygen atoms in total. The Bertz CT molecular complexity index is 1080. The molecule has 6 heteroatoms. The van der Waals surface area contributed by atoms with Crippen molar-refractivity contribution in [1.82, 2.24) is 4.57 Å². The highest BCUT2D eigenvalue weighted by atomic mass is 16.5. The van der Waals surface area contributed by atoms with Crippen LogP contribution in [0.25, 0.3) is 22.5 Å². The van der Waals surface area contributed by atoms with E-state index in [2.05, 4.69) is 0 Å². The molecule has 0 spiro atoms. The summed E-state index contributed by atoms with van der Waals surface area (Å²) in [6, 6.07) is 12.3. The molecule has 0 saturated heterocycles. The van der Waals surface area contributed by atoms with E-state index in [1.54, 1.807) is 68.8 Å². The number of carbonyl (C=O) groups excluding carboxylic acids is 1. The zero-order valence-corrected chi connectivity index (χ0v) is 15.7. The minimum atomic E-state index is -0.462. The van der Waals surface area contributed by atoms with Gasteiger partial charge in [-0.1, -0.05) is 6.07 Å². The van der Waals surface area contributed by atoms with Crippen molar-refractivity contribution in [2.45, 2.75) is 13.5 Å². The number of aliphatic hydroxyl groups excluding tert-OH is 1. The average Bonchev–Trinajstić information content (AvgIpc) is 2.73. The van der Waals surface area contributed by atoms with Crippen LogP contribution in [-0.4, -0.2) is 29.4 Å². The van der Waals surface area contributed by atoms with Crippen LogP contribution in [0.15, 0.2) is 59.5 Å². The highest BCUT2D eigenvalue weighted by molar-refractivity contribution is 5.94. The molecule has 3 aromatic rings. The molecular weight excluding hydrogens is 358 g/mol. The standard InChI is InChI=1S/C22H21NO5/c1-3-28-21(25)11-5-16-13-23(17-6-8-18(27-2)9-7-17)22(26)19-10-4-15(14-24)12-20(16)19/h4-13,24H,3,14H2,1-2H3. The Hall–Kier alpha value is -3.38. The van der Waals surface area contributed by atoms with E-state index in [0.29, 0.717) is 33.3 Å². The minimum Gasteiger partial charge on any atom is -0.497 e. The molecule has 1 aromatic heterocycles. The van der Waals surface area contributed by atoms with E-state index in [0.717, 1.165) is 0 Å². The highest BCUT2D eigenvalue weighted by Crippen LogP contribution is 2.22. The molecule has 3 rings (SSSR count). The lowest BCUT2D eigenvalue weighted by atomic mass is 10.0. The zero-order chi connectivity index (χ0) is 20.1. The van der Waals surface area contributed by atoms with E-state index < -0.39 is 5.97 Å². The number of ether oxygens (including phenoxy) is 2. The van der Waals surface area contributed by atoms with Crippen molar-refractivity contribution in [2.24, 2.45) is 0 Å². The van der Waals surface area contributed by atoms with Gasteiger partial charge in [-0.2, -0.15) is 0 Å². The zero-order valence-electron chi connectivity index (χ0n) is 15.7. The number of aromatic nitrogens is 1. The topological polar surface area (TPSA) is 77.8 Å². The predicted molar refractivity (Wildman–Crippen MR) is 108 cm³/mol. The number of methoxy groups -OCH3 is 1. The third-order valence-corrected chi connectivity index (χ3v) is 4.33. The quantitative estimate of drug-likeness (QED) is 0.526. The van der Waals surface area contributed by atoms with Gasteiger partial charge < -0.3 is 14.6 Å². The molecule has 28 heavy (non-hydrogen) atoms. The molecule has 2 aromatic carbocycles. The molecule has 0 radical (unpaired) electrons. The van der Waals surface area contributed by atoms with Crippen LogP contribution in [0.2, 0.25) is 0 Å². The smallest absolute Gasteiger partial charge is 0.330 e. The Morgan fingerprint density at radius 3 is 2.54 bits per heavy atom. The number of hydrogen-bond donors (Lipinski definition) is 1. The van der Waals surface area contributed by atoms with Crippen molar-refractivity contribution in [3.05, 3.63) is 76.2 Å². The van der Waals surface area contributed by atoms with Gasteiger partial charge >= 0.3 is 5.97 Å². The van der Waals surface area contributed by atoms with E-state index in [1.165, 1.54) is 10.6 Å². The lowest BCUT2D eigenvalue weighted by Gasteiger charge is -2.12. The normalized spacial score (nSPS) is 11.1. The number of nitrogens with zero attached hydrogens (tertiary/aromatic N) is 1. The van der Waals surface area contributed by atoms with E-state index in [1.807, 2.05) is 0 Å². The van der Waals surface area contributed by atoms with Crippen LogP contribution in [0, 0.1) is 0 Å². The second kappa shape index (κ2) is 8.54. The van der Waals surface area contributed by atoms with Crippen LogP contribution in [0.1, 0.15) is 18.1 Å². The Morgan fingerprint density at radius 2 is 1.89 bits per heavy atom. The summed E-state index contributed by atoms with van der Waals surface area (Å²) in [5.74, 6) is 0.226. The fourth-order valence-electron chi connectivity index (χ4n) is 2.93. The molecule has 0 aliphatic rings.